The number of hydrogen-bond donors (Lipinski definition) is 2. The molecule has 1 aromatic rings. The lowest BCUT2D eigenvalue weighted by Crippen LogP contribution is -2.36. The van der Waals surface area contributed by atoms with Crippen LogP contribution in [-0.4, -0.2) is 65.8 Å². The van der Waals surface area contributed by atoms with E-state index in [1.54, 1.807) is 21.3 Å². The SMILES string of the molecule is CN=C(NCC1CCN(S(C)(=O)=O)C1)Nc1ccc(OC)c(OC)c1.I. The highest BCUT2D eigenvalue weighted by Gasteiger charge is 2.28. The van der Waals surface area contributed by atoms with Gasteiger partial charge in [-0.2, -0.15) is 0 Å². The number of hydrogen-bond acceptors (Lipinski definition) is 5. The number of guanidine groups is 1. The Morgan fingerprint density at radius 3 is 2.54 bits per heavy atom. The first-order chi connectivity index (χ1) is 11.9. The van der Waals surface area contributed by atoms with Crippen molar-refractivity contribution in [1.82, 2.24) is 9.62 Å². The second-order valence-corrected chi connectivity index (χ2v) is 7.91. The van der Waals surface area contributed by atoms with Gasteiger partial charge in [0, 0.05) is 38.4 Å². The molecule has 0 aliphatic carbocycles. The van der Waals surface area contributed by atoms with Crippen LogP contribution in [0.5, 0.6) is 11.5 Å². The molecule has 1 atom stereocenters. The summed E-state index contributed by atoms with van der Waals surface area (Å²) < 4.78 is 35.2. The van der Waals surface area contributed by atoms with Crippen molar-refractivity contribution < 1.29 is 17.9 Å². The van der Waals surface area contributed by atoms with Crippen LogP contribution in [0.1, 0.15) is 6.42 Å². The van der Waals surface area contributed by atoms with Gasteiger partial charge >= 0.3 is 0 Å². The highest BCUT2D eigenvalue weighted by atomic mass is 127. The molecule has 8 nitrogen and oxygen atoms in total. The van der Waals surface area contributed by atoms with Gasteiger partial charge < -0.3 is 20.1 Å². The van der Waals surface area contributed by atoms with E-state index >= 15 is 0 Å². The average Bonchev–Trinajstić information content (AvgIpc) is 3.07. The molecular weight excluding hydrogens is 471 g/mol. The van der Waals surface area contributed by atoms with Crippen LogP contribution in [0.25, 0.3) is 0 Å². The van der Waals surface area contributed by atoms with Crippen molar-refractivity contribution in [1.29, 1.82) is 0 Å². The van der Waals surface area contributed by atoms with E-state index in [4.69, 9.17) is 9.47 Å². The number of methoxy groups -OCH3 is 2. The predicted octanol–water partition coefficient (Wildman–Crippen LogP) is 1.59. The zero-order chi connectivity index (χ0) is 18.4. The number of aliphatic imine (C=N–C) groups is 1. The monoisotopic (exact) mass is 498 g/mol. The number of ether oxygens (including phenoxy) is 2. The van der Waals surface area contributed by atoms with Crippen molar-refractivity contribution in [3.8, 4) is 11.5 Å². The van der Waals surface area contributed by atoms with Gasteiger partial charge in [-0.15, -0.1) is 24.0 Å². The summed E-state index contributed by atoms with van der Waals surface area (Å²) in [5.41, 5.74) is 0.815. The molecule has 1 unspecified atom stereocenters. The molecule has 1 aromatic carbocycles. The maximum Gasteiger partial charge on any atom is 0.211 e. The summed E-state index contributed by atoms with van der Waals surface area (Å²) in [4.78, 5) is 4.20. The van der Waals surface area contributed by atoms with Gasteiger partial charge in [-0.05, 0) is 24.5 Å². The van der Waals surface area contributed by atoms with Crippen molar-refractivity contribution in [2.24, 2.45) is 10.9 Å². The van der Waals surface area contributed by atoms with Gasteiger partial charge in [0.1, 0.15) is 0 Å². The van der Waals surface area contributed by atoms with Gasteiger partial charge in [-0.25, -0.2) is 12.7 Å². The lowest BCUT2D eigenvalue weighted by Gasteiger charge is -2.17. The lowest BCUT2D eigenvalue weighted by atomic mass is 10.1. The third kappa shape index (κ3) is 6.16. The first-order valence-electron chi connectivity index (χ1n) is 8.02. The number of nitrogens with one attached hydrogen (secondary N) is 2. The van der Waals surface area contributed by atoms with Crippen LogP contribution in [-0.2, 0) is 10.0 Å². The maximum atomic E-state index is 11.6. The fourth-order valence-electron chi connectivity index (χ4n) is 2.74. The molecule has 1 fully saturated rings. The van der Waals surface area contributed by atoms with Gasteiger partial charge in [0.15, 0.2) is 17.5 Å². The maximum absolute atomic E-state index is 11.6. The highest BCUT2D eigenvalue weighted by molar-refractivity contribution is 14.0. The molecule has 10 heteroatoms. The fraction of sp³-hybridized carbons (Fsp3) is 0.562. The van der Waals surface area contributed by atoms with Gasteiger partial charge in [0.2, 0.25) is 10.0 Å². The van der Waals surface area contributed by atoms with E-state index in [9.17, 15) is 8.42 Å². The molecule has 1 aliphatic heterocycles. The molecule has 0 saturated carbocycles. The van der Waals surface area contributed by atoms with E-state index < -0.39 is 10.0 Å². The van der Waals surface area contributed by atoms with Crippen LogP contribution in [0.3, 0.4) is 0 Å². The zero-order valence-corrected chi connectivity index (χ0v) is 18.6. The molecule has 26 heavy (non-hydrogen) atoms. The molecule has 0 aromatic heterocycles. The van der Waals surface area contributed by atoms with Crippen LogP contribution >= 0.6 is 24.0 Å². The normalized spacial score (nSPS) is 18.2. The van der Waals surface area contributed by atoms with Crippen LogP contribution < -0.4 is 20.1 Å². The van der Waals surface area contributed by atoms with E-state index in [1.807, 2.05) is 18.2 Å². The van der Waals surface area contributed by atoms with Crippen molar-refractivity contribution in [2.45, 2.75) is 6.42 Å². The minimum atomic E-state index is -3.11. The molecule has 0 amide bonds. The Hall–Kier alpha value is -1.27. The molecule has 1 aliphatic rings. The molecule has 0 radical (unpaired) electrons. The Labute approximate surface area is 172 Å². The number of benzene rings is 1. The number of sulfonamides is 1. The summed E-state index contributed by atoms with van der Waals surface area (Å²) in [5, 5.41) is 6.43. The van der Waals surface area contributed by atoms with Gasteiger partial charge in [-0.1, -0.05) is 0 Å². The average molecular weight is 498 g/mol. The topological polar surface area (TPSA) is 92.3 Å². The van der Waals surface area contributed by atoms with E-state index in [0.29, 0.717) is 37.1 Å². The third-order valence-electron chi connectivity index (χ3n) is 4.15. The molecule has 148 valence electrons. The van der Waals surface area contributed by atoms with Crippen LogP contribution in [0.15, 0.2) is 23.2 Å². The third-order valence-corrected chi connectivity index (χ3v) is 5.42. The zero-order valence-electron chi connectivity index (χ0n) is 15.5. The second-order valence-electron chi connectivity index (χ2n) is 5.92. The Kier molecular flexibility index (Phi) is 8.90. The first-order valence-corrected chi connectivity index (χ1v) is 9.87. The summed E-state index contributed by atoms with van der Waals surface area (Å²) in [5.74, 6) is 2.16. The highest BCUT2D eigenvalue weighted by Crippen LogP contribution is 2.29. The minimum absolute atomic E-state index is 0. The Balaban J connectivity index is 0.00000338. The number of anilines is 1. The van der Waals surface area contributed by atoms with Crippen molar-refractivity contribution in [3.05, 3.63) is 18.2 Å². The Morgan fingerprint density at radius 1 is 1.31 bits per heavy atom. The van der Waals surface area contributed by atoms with Crippen LogP contribution in [0.2, 0.25) is 0 Å². The van der Waals surface area contributed by atoms with E-state index in [2.05, 4.69) is 15.6 Å². The standard InChI is InChI=1S/C16H26N4O4S.HI/c1-17-16(18-10-12-7-8-20(11-12)25(4,21)22)19-13-5-6-14(23-2)15(9-13)24-3;/h5-6,9,12H,7-8,10-11H2,1-4H3,(H2,17,18,19);1H. The van der Waals surface area contributed by atoms with Gasteiger partial charge in [0.05, 0.1) is 20.5 Å². The van der Waals surface area contributed by atoms with Gasteiger partial charge in [0.25, 0.3) is 0 Å². The summed E-state index contributed by atoms with van der Waals surface area (Å²) in [6.07, 6.45) is 2.09. The van der Waals surface area contributed by atoms with Crippen molar-refractivity contribution in [3.63, 3.8) is 0 Å². The number of halogens is 1. The quantitative estimate of drug-likeness (QED) is 0.352. The Bertz CT molecular complexity index is 727. The summed E-state index contributed by atoms with van der Waals surface area (Å²) in [7, 11) is 1.76. The van der Waals surface area contributed by atoms with E-state index in [0.717, 1.165) is 12.1 Å². The van der Waals surface area contributed by atoms with Gasteiger partial charge in [-0.3, -0.25) is 4.99 Å². The molecule has 1 heterocycles. The minimum Gasteiger partial charge on any atom is -0.493 e. The van der Waals surface area contributed by atoms with E-state index in [1.165, 1.54) is 10.6 Å². The molecule has 0 spiro atoms. The number of nitrogens with zero attached hydrogens (tertiary/aromatic N) is 2. The van der Waals surface area contributed by atoms with Crippen LogP contribution in [0, 0.1) is 5.92 Å². The number of rotatable bonds is 6. The fourth-order valence-corrected chi connectivity index (χ4v) is 3.65. The van der Waals surface area contributed by atoms with E-state index in [-0.39, 0.29) is 29.9 Å². The lowest BCUT2D eigenvalue weighted by molar-refractivity contribution is 0.355. The summed E-state index contributed by atoms with van der Waals surface area (Å²) in [6.45, 7) is 1.77. The molecule has 2 rings (SSSR count). The molecular formula is C16H27IN4O4S. The Morgan fingerprint density at radius 2 is 2.00 bits per heavy atom. The van der Waals surface area contributed by atoms with Crippen molar-refractivity contribution in [2.75, 3.05) is 52.5 Å². The summed E-state index contributed by atoms with van der Waals surface area (Å²) in [6, 6.07) is 5.51. The summed E-state index contributed by atoms with van der Waals surface area (Å²) >= 11 is 0. The largest absolute Gasteiger partial charge is 0.493 e. The molecule has 1 saturated heterocycles. The molecule has 2 N–H and O–H groups in total. The predicted molar refractivity (Wildman–Crippen MR) is 114 cm³/mol. The smallest absolute Gasteiger partial charge is 0.211 e. The van der Waals surface area contributed by atoms with Crippen LogP contribution in [0.4, 0.5) is 5.69 Å². The van der Waals surface area contributed by atoms with Crippen molar-refractivity contribution >= 4 is 45.6 Å². The molecule has 0 bridgehead atoms. The second kappa shape index (κ2) is 10.2. The first kappa shape index (κ1) is 22.8.